The quantitative estimate of drug-likeness (QED) is 0.907. The number of aryl methyl sites for hydroxylation is 2. The van der Waals surface area contributed by atoms with Crippen LogP contribution in [0, 0.1) is 25.7 Å². The third kappa shape index (κ3) is 3.71. The molecule has 2 aliphatic rings. The fourth-order valence-electron chi connectivity index (χ4n) is 4.37. The van der Waals surface area contributed by atoms with E-state index in [1.54, 1.807) is 6.33 Å². The second-order valence-corrected chi connectivity index (χ2v) is 7.69. The van der Waals surface area contributed by atoms with Gasteiger partial charge in [0.2, 0.25) is 0 Å². The third-order valence-electron chi connectivity index (χ3n) is 5.64. The van der Waals surface area contributed by atoms with Gasteiger partial charge in [-0.2, -0.15) is 0 Å². The summed E-state index contributed by atoms with van der Waals surface area (Å²) >= 11 is 0. The predicted octanol–water partition coefficient (Wildman–Crippen LogP) is 2.14. The Morgan fingerprint density at radius 3 is 2.58 bits per heavy atom. The monoisotopic (exact) mass is 354 g/mol. The van der Waals surface area contributed by atoms with Gasteiger partial charge in [0.1, 0.15) is 18.2 Å². The molecule has 6 nitrogen and oxygen atoms in total. The summed E-state index contributed by atoms with van der Waals surface area (Å²) in [5.41, 5.74) is 3.01. The number of hydrogen-bond donors (Lipinski definition) is 1. The Morgan fingerprint density at radius 2 is 1.85 bits per heavy atom. The van der Waals surface area contributed by atoms with Crippen molar-refractivity contribution >= 4 is 0 Å². The highest BCUT2D eigenvalue weighted by molar-refractivity contribution is 5.28. The third-order valence-corrected chi connectivity index (χ3v) is 5.64. The van der Waals surface area contributed by atoms with Crippen LogP contribution < -0.4 is 4.74 Å². The van der Waals surface area contributed by atoms with E-state index in [1.807, 2.05) is 38.4 Å². The van der Waals surface area contributed by atoms with Crippen molar-refractivity contribution in [2.45, 2.75) is 45.4 Å². The highest BCUT2D eigenvalue weighted by Gasteiger charge is 2.42. The van der Waals surface area contributed by atoms with Gasteiger partial charge in [0.25, 0.3) is 0 Å². The van der Waals surface area contributed by atoms with Gasteiger partial charge in [0.05, 0.1) is 11.8 Å². The molecule has 2 fully saturated rings. The molecule has 1 aliphatic carbocycles. The van der Waals surface area contributed by atoms with Gasteiger partial charge in [-0.25, -0.2) is 9.97 Å². The molecule has 2 aromatic heterocycles. The zero-order chi connectivity index (χ0) is 18.1. The van der Waals surface area contributed by atoms with Crippen molar-refractivity contribution in [2.24, 2.45) is 11.8 Å². The number of aliphatic hydroxyl groups is 1. The van der Waals surface area contributed by atoms with E-state index in [-0.39, 0.29) is 6.10 Å². The summed E-state index contributed by atoms with van der Waals surface area (Å²) < 4.78 is 6.16. The van der Waals surface area contributed by atoms with Crippen molar-refractivity contribution in [1.82, 2.24) is 19.9 Å². The van der Waals surface area contributed by atoms with Crippen LogP contribution in [0.25, 0.3) is 0 Å². The molecule has 0 aromatic carbocycles. The molecule has 2 aromatic rings. The second kappa shape index (κ2) is 7.29. The summed E-state index contributed by atoms with van der Waals surface area (Å²) in [4.78, 5) is 15.1. The van der Waals surface area contributed by atoms with Crippen molar-refractivity contribution in [3.05, 3.63) is 47.8 Å². The van der Waals surface area contributed by atoms with Crippen LogP contribution in [0.15, 0.2) is 30.9 Å². The lowest BCUT2D eigenvalue weighted by Crippen LogP contribution is -2.42. The van der Waals surface area contributed by atoms with Gasteiger partial charge in [-0.05, 0) is 50.7 Å². The molecule has 1 aliphatic heterocycles. The number of ether oxygens (including phenoxy) is 1. The van der Waals surface area contributed by atoms with Crippen molar-refractivity contribution in [3.63, 3.8) is 0 Å². The van der Waals surface area contributed by atoms with Crippen LogP contribution >= 0.6 is 0 Å². The zero-order valence-electron chi connectivity index (χ0n) is 15.4. The predicted molar refractivity (Wildman–Crippen MR) is 97.7 cm³/mol. The van der Waals surface area contributed by atoms with Crippen LogP contribution in [0.2, 0.25) is 0 Å². The molecular formula is C20H26N4O2. The largest absolute Gasteiger partial charge is 0.486 e. The van der Waals surface area contributed by atoms with Gasteiger partial charge >= 0.3 is 0 Å². The van der Waals surface area contributed by atoms with Gasteiger partial charge < -0.3 is 9.84 Å². The normalized spacial score (nSPS) is 28.7. The molecule has 0 amide bonds. The van der Waals surface area contributed by atoms with Crippen LogP contribution in [0.1, 0.15) is 29.8 Å². The van der Waals surface area contributed by atoms with Crippen molar-refractivity contribution < 1.29 is 9.84 Å². The minimum absolute atomic E-state index is 0.153. The average molecular weight is 354 g/mol. The van der Waals surface area contributed by atoms with Gasteiger partial charge in [-0.15, -0.1) is 0 Å². The summed E-state index contributed by atoms with van der Waals surface area (Å²) in [7, 11) is 0. The van der Waals surface area contributed by atoms with Crippen molar-refractivity contribution in [3.8, 4) is 5.75 Å². The highest BCUT2D eigenvalue weighted by Crippen LogP contribution is 2.38. The van der Waals surface area contributed by atoms with Crippen LogP contribution in [0.5, 0.6) is 5.75 Å². The summed E-state index contributed by atoms with van der Waals surface area (Å²) in [6.07, 6.45) is 6.44. The van der Waals surface area contributed by atoms with Crippen LogP contribution in [-0.2, 0) is 6.54 Å². The SMILES string of the molecule is Cc1ccc(O[C@@H]2C[C@@H]3CN(Cc4cncnc4)C[C@@H]3C[C@H]2O)c(C)n1. The number of likely N-dealkylation sites (tertiary alicyclic amines) is 1. The molecule has 1 saturated heterocycles. The van der Waals surface area contributed by atoms with E-state index in [2.05, 4.69) is 19.9 Å². The van der Waals surface area contributed by atoms with Gasteiger partial charge in [0, 0.05) is 43.3 Å². The molecule has 4 atom stereocenters. The van der Waals surface area contributed by atoms with E-state index in [9.17, 15) is 5.11 Å². The number of rotatable bonds is 4. The fourth-order valence-corrected chi connectivity index (χ4v) is 4.37. The molecular weight excluding hydrogens is 328 g/mol. The number of hydrogen-bond acceptors (Lipinski definition) is 6. The first-order valence-corrected chi connectivity index (χ1v) is 9.33. The molecule has 26 heavy (non-hydrogen) atoms. The number of aromatic nitrogens is 3. The Kier molecular flexibility index (Phi) is 4.87. The standard InChI is InChI=1S/C20H26N4O2/c1-13-3-4-19(14(2)23-13)26-20-6-17-11-24(10-16(17)5-18(20)25)9-15-7-21-12-22-8-15/h3-4,7-8,12,16-18,20,25H,5-6,9-11H2,1-2H3/t16-,17+,18+,20+/m0/s1. The lowest BCUT2D eigenvalue weighted by atomic mass is 9.78. The molecule has 0 bridgehead atoms. The maximum atomic E-state index is 10.6. The van der Waals surface area contributed by atoms with Crippen molar-refractivity contribution in [1.29, 1.82) is 0 Å². The van der Waals surface area contributed by atoms with E-state index >= 15 is 0 Å². The first-order chi connectivity index (χ1) is 12.6. The minimum Gasteiger partial charge on any atom is -0.486 e. The van der Waals surface area contributed by atoms with Gasteiger partial charge in [-0.3, -0.25) is 9.88 Å². The fraction of sp³-hybridized carbons (Fsp3) is 0.550. The highest BCUT2D eigenvalue weighted by atomic mass is 16.5. The zero-order valence-corrected chi connectivity index (χ0v) is 15.4. The van der Waals surface area contributed by atoms with Gasteiger partial charge in [0.15, 0.2) is 0 Å². The Balaban J connectivity index is 1.39. The molecule has 1 N–H and O–H groups in total. The molecule has 0 spiro atoms. The summed E-state index contributed by atoms with van der Waals surface area (Å²) in [5, 5.41) is 10.6. The average Bonchev–Trinajstić information content (AvgIpc) is 2.99. The lowest BCUT2D eigenvalue weighted by Gasteiger charge is -2.35. The minimum atomic E-state index is -0.419. The van der Waals surface area contributed by atoms with Gasteiger partial charge in [-0.1, -0.05) is 0 Å². The maximum absolute atomic E-state index is 10.6. The summed E-state index contributed by atoms with van der Waals surface area (Å²) in [6.45, 7) is 6.86. The van der Waals surface area contributed by atoms with E-state index < -0.39 is 6.10 Å². The number of aliphatic hydroxyl groups excluding tert-OH is 1. The summed E-state index contributed by atoms with van der Waals surface area (Å²) in [6, 6.07) is 3.92. The Hall–Kier alpha value is -2.05. The first kappa shape index (κ1) is 17.4. The van der Waals surface area contributed by atoms with Crippen molar-refractivity contribution in [2.75, 3.05) is 13.1 Å². The van der Waals surface area contributed by atoms with Crippen LogP contribution in [0.3, 0.4) is 0 Å². The molecule has 0 radical (unpaired) electrons. The van der Waals surface area contributed by atoms with Crippen LogP contribution in [-0.4, -0.2) is 50.3 Å². The van der Waals surface area contributed by atoms with E-state index in [1.165, 1.54) is 0 Å². The smallest absolute Gasteiger partial charge is 0.141 e. The number of pyridine rings is 1. The molecule has 3 heterocycles. The van der Waals surface area contributed by atoms with E-state index in [0.717, 1.165) is 55.2 Å². The van der Waals surface area contributed by atoms with E-state index in [0.29, 0.717) is 11.8 Å². The number of nitrogens with zero attached hydrogens (tertiary/aromatic N) is 4. The maximum Gasteiger partial charge on any atom is 0.141 e. The summed E-state index contributed by atoms with van der Waals surface area (Å²) in [5.74, 6) is 1.88. The number of fused-ring (bicyclic) bond motifs is 1. The molecule has 4 rings (SSSR count). The van der Waals surface area contributed by atoms with E-state index in [4.69, 9.17) is 4.74 Å². The molecule has 0 unspecified atom stereocenters. The molecule has 138 valence electrons. The van der Waals surface area contributed by atoms with Crippen LogP contribution in [0.4, 0.5) is 0 Å². The second-order valence-electron chi connectivity index (χ2n) is 7.69. The first-order valence-electron chi connectivity index (χ1n) is 9.33. The molecule has 1 saturated carbocycles. The topological polar surface area (TPSA) is 71.4 Å². The molecule has 6 heteroatoms. The Labute approximate surface area is 154 Å². The Morgan fingerprint density at radius 1 is 1.12 bits per heavy atom. The lowest BCUT2D eigenvalue weighted by molar-refractivity contribution is -0.0236. The Bertz CT molecular complexity index is 755.